The molecule has 1 heterocycles. The number of hydrogen-bond donors (Lipinski definition) is 1. The van der Waals surface area contributed by atoms with E-state index in [0.717, 1.165) is 17.7 Å². The Labute approximate surface area is 85.3 Å². The molecule has 1 aromatic rings. The van der Waals surface area contributed by atoms with Crippen LogP contribution in [0.15, 0.2) is 18.5 Å². The molecule has 0 saturated heterocycles. The van der Waals surface area contributed by atoms with Crippen LogP contribution in [0, 0.1) is 5.92 Å². The lowest BCUT2D eigenvalue weighted by Gasteiger charge is -2.20. The van der Waals surface area contributed by atoms with E-state index in [4.69, 9.17) is 10.5 Å². The lowest BCUT2D eigenvalue weighted by Crippen LogP contribution is -2.19. The standard InChI is InChI=1S/C11H18N2O/c1-4-8(2)11(12)9-5-6-13-7-10(9)14-3/h5-8,11H,4,12H2,1-3H3. The summed E-state index contributed by atoms with van der Waals surface area (Å²) < 4.78 is 5.22. The summed E-state index contributed by atoms with van der Waals surface area (Å²) in [4.78, 5) is 4.00. The van der Waals surface area contributed by atoms with Crippen LogP contribution in [0.2, 0.25) is 0 Å². The van der Waals surface area contributed by atoms with E-state index >= 15 is 0 Å². The molecule has 0 aliphatic carbocycles. The summed E-state index contributed by atoms with van der Waals surface area (Å²) in [6, 6.07) is 1.95. The van der Waals surface area contributed by atoms with Gasteiger partial charge in [0, 0.05) is 17.8 Å². The minimum Gasteiger partial charge on any atom is -0.495 e. The molecular formula is C11H18N2O. The minimum absolute atomic E-state index is 0.0259. The van der Waals surface area contributed by atoms with E-state index in [1.54, 1.807) is 19.5 Å². The van der Waals surface area contributed by atoms with Crippen molar-refractivity contribution in [2.75, 3.05) is 7.11 Å². The summed E-state index contributed by atoms with van der Waals surface area (Å²) in [6.45, 7) is 4.28. The Kier molecular flexibility index (Phi) is 3.89. The van der Waals surface area contributed by atoms with E-state index in [0.29, 0.717) is 5.92 Å². The second kappa shape index (κ2) is 4.96. The Morgan fingerprint density at radius 3 is 2.86 bits per heavy atom. The first-order chi connectivity index (χ1) is 6.70. The van der Waals surface area contributed by atoms with E-state index < -0.39 is 0 Å². The van der Waals surface area contributed by atoms with Gasteiger partial charge in [-0.15, -0.1) is 0 Å². The Morgan fingerprint density at radius 1 is 1.57 bits per heavy atom. The fraction of sp³-hybridized carbons (Fsp3) is 0.545. The summed E-state index contributed by atoms with van der Waals surface area (Å²) >= 11 is 0. The average molecular weight is 194 g/mol. The van der Waals surface area contributed by atoms with Gasteiger partial charge in [0.1, 0.15) is 5.75 Å². The highest BCUT2D eigenvalue weighted by molar-refractivity contribution is 5.32. The number of methoxy groups -OCH3 is 1. The third-order valence-electron chi connectivity index (χ3n) is 2.65. The maximum Gasteiger partial charge on any atom is 0.141 e. The molecule has 0 fully saturated rings. The topological polar surface area (TPSA) is 48.1 Å². The van der Waals surface area contributed by atoms with Gasteiger partial charge < -0.3 is 10.5 Å². The van der Waals surface area contributed by atoms with Crippen LogP contribution in [0.1, 0.15) is 31.9 Å². The molecule has 2 unspecified atom stereocenters. The van der Waals surface area contributed by atoms with E-state index in [1.165, 1.54) is 0 Å². The van der Waals surface area contributed by atoms with Gasteiger partial charge in [0.25, 0.3) is 0 Å². The Bertz CT molecular complexity index is 288. The molecule has 1 aromatic heterocycles. The van der Waals surface area contributed by atoms with Gasteiger partial charge >= 0.3 is 0 Å². The molecule has 2 atom stereocenters. The van der Waals surface area contributed by atoms with Crippen molar-refractivity contribution in [2.45, 2.75) is 26.3 Å². The van der Waals surface area contributed by atoms with Gasteiger partial charge in [-0.25, -0.2) is 0 Å². The number of rotatable bonds is 4. The van der Waals surface area contributed by atoms with Crippen LogP contribution >= 0.6 is 0 Å². The van der Waals surface area contributed by atoms with E-state index in [1.807, 2.05) is 6.07 Å². The van der Waals surface area contributed by atoms with Crippen molar-refractivity contribution in [1.82, 2.24) is 4.98 Å². The Hall–Kier alpha value is -1.09. The van der Waals surface area contributed by atoms with Gasteiger partial charge in [0.2, 0.25) is 0 Å². The van der Waals surface area contributed by atoms with Gasteiger partial charge in [0.15, 0.2) is 0 Å². The zero-order valence-corrected chi connectivity index (χ0v) is 9.03. The average Bonchev–Trinajstić information content (AvgIpc) is 2.26. The Balaban J connectivity index is 2.93. The van der Waals surface area contributed by atoms with Crippen LogP contribution < -0.4 is 10.5 Å². The zero-order valence-electron chi connectivity index (χ0n) is 9.03. The predicted molar refractivity (Wildman–Crippen MR) is 57.2 cm³/mol. The first-order valence-electron chi connectivity index (χ1n) is 4.94. The molecule has 0 amide bonds. The summed E-state index contributed by atoms with van der Waals surface area (Å²) in [6.07, 6.45) is 4.52. The third kappa shape index (κ3) is 2.23. The van der Waals surface area contributed by atoms with E-state index in [2.05, 4.69) is 18.8 Å². The molecule has 3 nitrogen and oxygen atoms in total. The molecule has 3 heteroatoms. The molecule has 0 saturated carbocycles. The number of pyridine rings is 1. The van der Waals surface area contributed by atoms with Gasteiger partial charge in [-0.3, -0.25) is 4.98 Å². The van der Waals surface area contributed by atoms with Crippen molar-refractivity contribution in [2.24, 2.45) is 11.7 Å². The summed E-state index contributed by atoms with van der Waals surface area (Å²) in [7, 11) is 1.64. The van der Waals surface area contributed by atoms with Crippen molar-refractivity contribution in [1.29, 1.82) is 0 Å². The molecule has 0 aliphatic heterocycles. The van der Waals surface area contributed by atoms with Crippen molar-refractivity contribution in [3.8, 4) is 5.75 Å². The normalized spacial score (nSPS) is 14.9. The molecular weight excluding hydrogens is 176 g/mol. The van der Waals surface area contributed by atoms with Crippen LogP contribution in [-0.2, 0) is 0 Å². The lowest BCUT2D eigenvalue weighted by atomic mass is 9.93. The highest BCUT2D eigenvalue weighted by Crippen LogP contribution is 2.28. The second-order valence-corrected chi connectivity index (χ2v) is 3.53. The van der Waals surface area contributed by atoms with Crippen LogP contribution in [-0.4, -0.2) is 12.1 Å². The van der Waals surface area contributed by atoms with E-state index in [-0.39, 0.29) is 6.04 Å². The quantitative estimate of drug-likeness (QED) is 0.798. The fourth-order valence-corrected chi connectivity index (χ4v) is 1.40. The van der Waals surface area contributed by atoms with Gasteiger partial charge in [-0.2, -0.15) is 0 Å². The van der Waals surface area contributed by atoms with Gasteiger partial charge in [-0.1, -0.05) is 20.3 Å². The molecule has 0 aromatic carbocycles. The Morgan fingerprint density at radius 2 is 2.29 bits per heavy atom. The molecule has 0 bridgehead atoms. The summed E-state index contributed by atoms with van der Waals surface area (Å²) in [5.41, 5.74) is 7.16. The first kappa shape index (κ1) is 11.0. The molecule has 78 valence electrons. The number of ether oxygens (including phenoxy) is 1. The lowest BCUT2D eigenvalue weighted by molar-refractivity contribution is 0.386. The van der Waals surface area contributed by atoms with Crippen LogP contribution in [0.5, 0.6) is 5.75 Å². The minimum atomic E-state index is 0.0259. The SMILES string of the molecule is CCC(C)C(N)c1ccncc1OC. The monoisotopic (exact) mass is 194 g/mol. The smallest absolute Gasteiger partial charge is 0.141 e. The number of aromatic nitrogens is 1. The maximum absolute atomic E-state index is 6.12. The number of hydrogen-bond acceptors (Lipinski definition) is 3. The van der Waals surface area contributed by atoms with Crippen LogP contribution in [0.25, 0.3) is 0 Å². The van der Waals surface area contributed by atoms with Gasteiger partial charge in [-0.05, 0) is 12.0 Å². The molecule has 14 heavy (non-hydrogen) atoms. The highest BCUT2D eigenvalue weighted by atomic mass is 16.5. The number of nitrogens with zero attached hydrogens (tertiary/aromatic N) is 1. The first-order valence-corrected chi connectivity index (χ1v) is 4.94. The molecule has 0 aliphatic rings. The second-order valence-electron chi connectivity index (χ2n) is 3.53. The van der Waals surface area contributed by atoms with Crippen LogP contribution in [0.4, 0.5) is 0 Å². The third-order valence-corrected chi connectivity index (χ3v) is 2.65. The van der Waals surface area contributed by atoms with Crippen LogP contribution in [0.3, 0.4) is 0 Å². The van der Waals surface area contributed by atoms with E-state index in [9.17, 15) is 0 Å². The number of nitrogens with two attached hydrogens (primary N) is 1. The zero-order chi connectivity index (χ0) is 10.6. The summed E-state index contributed by atoms with van der Waals surface area (Å²) in [5.74, 6) is 1.23. The largest absolute Gasteiger partial charge is 0.495 e. The van der Waals surface area contributed by atoms with Crippen molar-refractivity contribution in [3.05, 3.63) is 24.0 Å². The maximum atomic E-state index is 6.12. The molecule has 0 spiro atoms. The molecule has 1 rings (SSSR count). The van der Waals surface area contributed by atoms with Crippen molar-refractivity contribution < 1.29 is 4.74 Å². The highest BCUT2D eigenvalue weighted by Gasteiger charge is 2.16. The fourth-order valence-electron chi connectivity index (χ4n) is 1.40. The predicted octanol–water partition coefficient (Wildman–Crippen LogP) is 2.14. The summed E-state index contributed by atoms with van der Waals surface area (Å²) in [5, 5.41) is 0. The van der Waals surface area contributed by atoms with Crippen molar-refractivity contribution in [3.63, 3.8) is 0 Å². The molecule has 0 radical (unpaired) electrons. The van der Waals surface area contributed by atoms with Gasteiger partial charge in [0.05, 0.1) is 13.3 Å². The molecule has 2 N–H and O–H groups in total. The van der Waals surface area contributed by atoms with Crippen molar-refractivity contribution >= 4 is 0 Å².